The molecule has 0 saturated heterocycles. The molecule has 0 aliphatic carbocycles. The largest absolute Gasteiger partial charge is 0.288 e. The van der Waals surface area contributed by atoms with Gasteiger partial charge in [0.2, 0.25) is 0 Å². The van der Waals surface area contributed by atoms with Crippen LogP contribution in [0, 0.1) is 6.92 Å². The van der Waals surface area contributed by atoms with Gasteiger partial charge in [-0.15, -0.1) is 0 Å². The van der Waals surface area contributed by atoms with Crippen molar-refractivity contribution in [3.63, 3.8) is 0 Å². The lowest BCUT2D eigenvalue weighted by molar-refractivity contribution is 0.251. The summed E-state index contributed by atoms with van der Waals surface area (Å²) in [5.74, 6) is 0. The third-order valence-corrected chi connectivity index (χ3v) is 2.12. The van der Waals surface area contributed by atoms with E-state index in [9.17, 15) is 5.21 Å². The van der Waals surface area contributed by atoms with E-state index < -0.39 is 0 Å². The predicted molar refractivity (Wildman–Crippen MR) is 55.2 cm³/mol. The van der Waals surface area contributed by atoms with E-state index in [2.05, 4.69) is 6.92 Å². The molecule has 2 nitrogen and oxygen atoms in total. The van der Waals surface area contributed by atoms with Crippen LogP contribution in [0.25, 0.3) is 0 Å². The third kappa shape index (κ3) is 2.74. The zero-order chi connectivity index (χ0) is 9.68. The Kier molecular flexibility index (Phi) is 3.77. The van der Waals surface area contributed by atoms with Crippen molar-refractivity contribution in [2.24, 2.45) is 0 Å². The first kappa shape index (κ1) is 10.1. The van der Waals surface area contributed by atoms with Gasteiger partial charge in [-0.25, -0.2) is 0 Å². The van der Waals surface area contributed by atoms with E-state index in [0.29, 0.717) is 6.54 Å². The first-order chi connectivity index (χ1) is 6.25. The molecule has 0 spiro atoms. The van der Waals surface area contributed by atoms with Gasteiger partial charge in [0.05, 0.1) is 5.69 Å². The second kappa shape index (κ2) is 4.87. The summed E-state index contributed by atoms with van der Waals surface area (Å²) in [4.78, 5) is 0. The van der Waals surface area contributed by atoms with Crippen LogP contribution in [0.4, 0.5) is 5.69 Å². The number of unbranched alkanes of at least 4 members (excludes halogenated alkanes) is 1. The zero-order valence-corrected chi connectivity index (χ0v) is 8.33. The smallest absolute Gasteiger partial charge is 0.0663 e. The molecule has 0 radical (unpaired) electrons. The Bertz CT molecular complexity index is 260. The normalized spacial score (nSPS) is 10.1. The van der Waals surface area contributed by atoms with Crippen LogP contribution in [0.15, 0.2) is 24.3 Å². The maximum absolute atomic E-state index is 9.67. The lowest BCUT2D eigenvalue weighted by Gasteiger charge is -2.18. The van der Waals surface area contributed by atoms with Gasteiger partial charge in [-0.1, -0.05) is 31.5 Å². The summed E-state index contributed by atoms with van der Waals surface area (Å²) >= 11 is 0. The first-order valence-electron chi connectivity index (χ1n) is 4.77. The molecule has 13 heavy (non-hydrogen) atoms. The molecule has 0 amide bonds. The van der Waals surface area contributed by atoms with Crippen molar-refractivity contribution in [3.05, 3.63) is 29.8 Å². The van der Waals surface area contributed by atoms with Crippen molar-refractivity contribution in [2.45, 2.75) is 26.7 Å². The number of hydrogen-bond donors (Lipinski definition) is 1. The SMILES string of the molecule is CCCCN(O)c1ccccc1C. The van der Waals surface area contributed by atoms with E-state index >= 15 is 0 Å². The molecule has 0 heterocycles. The summed E-state index contributed by atoms with van der Waals surface area (Å²) in [6, 6.07) is 7.86. The highest BCUT2D eigenvalue weighted by atomic mass is 16.5. The van der Waals surface area contributed by atoms with E-state index in [1.54, 1.807) is 0 Å². The van der Waals surface area contributed by atoms with Crippen molar-refractivity contribution < 1.29 is 5.21 Å². The monoisotopic (exact) mass is 179 g/mol. The van der Waals surface area contributed by atoms with Gasteiger partial charge in [0, 0.05) is 6.54 Å². The second-order valence-corrected chi connectivity index (χ2v) is 3.26. The van der Waals surface area contributed by atoms with Gasteiger partial charge in [-0.3, -0.25) is 10.3 Å². The molecular weight excluding hydrogens is 162 g/mol. The van der Waals surface area contributed by atoms with Gasteiger partial charge in [0.15, 0.2) is 0 Å². The Balaban J connectivity index is 2.65. The fourth-order valence-corrected chi connectivity index (χ4v) is 1.28. The maximum Gasteiger partial charge on any atom is 0.0663 e. The molecular formula is C11H17NO. The Morgan fingerprint density at radius 3 is 2.62 bits per heavy atom. The molecule has 0 unspecified atom stereocenters. The van der Waals surface area contributed by atoms with Gasteiger partial charge in [-0.2, -0.15) is 0 Å². The average molecular weight is 179 g/mol. The van der Waals surface area contributed by atoms with Gasteiger partial charge in [0.25, 0.3) is 0 Å². The number of hydroxylamine groups is 1. The van der Waals surface area contributed by atoms with Gasteiger partial charge < -0.3 is 0 Å². The molecule has 1 rings (SSSR count). The Labute approximate surface area is 79.8 Å². The van der Waals surface area contributed by atoms with Crippen LogP contribution < -0.4 is 5.06 Å². The first-order valence-corrected chi connectivity index (χ1v) is 4.77. The molecule has 0 atom stereocenters. The average Bonchev–Trinajstić information content (AvgIpc) is 2.15. The lowest BCUT2D eigenvalue weighted by Crippen LogP contribution is -2.19. The van der Waals surface area contributed by atoms with Crippen molar-refractivity contribution >= 4 is 5.69 Å². The molecule has 1 N–H and O–H groups in total. The zero-order valence-electron chi connectivity index (χ0n) is 8.33. The Morgan fingerprint density at radius 1 is 1.31 bits per heavy atom. The molecule has 0 fully saturated rings. The minimum atomic E-state index is 0.710. The van der Waals surface area contributed by atoms with Crippen molar-refractivity contribution in [3.8, 4) is 0 Å². The minimum Gasteiger partial charge on any atom is -0.288 e. The van der Waals surface area contributed by atoms with Crippen molar-refractivity contribution in [1.82, 2.24) is 0 Å². The number of para-hydroxylation sites is 1. The highest BCUT2D eigenvalue weighted by molar-refractivity contribution is 5.50. The van der Waals surface area contributed by atoms with Gasteiger partial charge in [-0.05, 0) is 25.0 Å². The van der Waals surface area contributed by atoms with E-state index in [0.717, 1.165) is 24.1 Å². The number of aryl methyl sites for hydroxylation is 1. The quantitative estimate of drug-likeness (QED) is 0.718. The molecule has 72 valence electrons. The Hall–Kier alpha value is -1.02. The summed E-state index contributed by atoms with van der Waals surface area (Å²) in [6.45, 7) is 4.83. The van der Waals surface area contributed by atoms with Gasteiger partial charge >= 0.3 is 0 Å². The molecule has 0 aliphatic heterocycles. The molecule has 0 aliphatic rings. The lowest BCUT2D eigenvalue weighted by atomic mass is 10.2. The van der Waals surface area contributed by atoms with Crippen LogP contribution in [0.3, 0.4) is 0 Å². The fraction of sp³-hybridized carbons (Fsp3) is 0.455. The summed E-state index contributed by atoms with van der Waals surface area (Å²) < 4.78 is 0. The molecule has 0 aromatic heterocycles. The molecule has 0 saturated carbocycles. The summed E-state index contributed by atoms with van der Waals surface area (Å²) in [6.07, 6.45) is 2.12. The standard InChI is InChI=1S/C11H17NO/c1-3-4-9-12(13)11-8-6-5-7-10(11)2/h5-8,13H,3-4,9H2,1-2H3. The number of rotatable bonds is 4. The summed E-state index contributed by atoms with van der Waals surface area (Å²) in [5, 5.41) is 11.0. The Morgan fingerprint density at radius 2 is 2.00 bits per heavy atom. The number of nitrogens with zero attached hydrogens (tertiary/aromatic N) is 1. The molecule has 0 bridgehead atoms. The second-order valence-electron chi connectivity index (χ2n) is 3.26. The van der Waals surface area contributed by atoms with Crippen LogP contribution in [0.1, 0.15) is 25.3 Å². The number of anilines is 1. The summed E-state index contributed by atoms with van der Waals surface area (Å²) in [5.41, 5.74) is 2.03. The summed E-state index contributed by atoms with van der Waals surface area (Å²) in [7, 11) is 0. The van der Waals surface area contributed by atoms with Crippen LogP contribution in [-0.4, -0.2) is 11.8 Å². The van der Waals surface area contributed by atoms with Crippen molar-refractivity contribution in [1.29, 1.82) is 0 Å². The highest BCUT2D eigenvalue weighted by Crippen LogP contribution is 2.17. The van der Waals surface area contributed by atoms with Crippen LogP contribution in [0.2, 0.25) is 0 Å². The molecule has 1 aromatic carbocycles. The van der Waals surface area contributed by atoms with Crippen LogP contribution in [0.5, 0.6) is 0 Å². The van der Waals surface area contributed by atoms with Crippen LogP contribution in [-0.2, 0) is 0 Å². The minimum absolute atomic E-state index is 0.710. The molecule has 2 heteroatoms. The highest BCUT2D eigenvalue weighted by Gasteiger charge is 2.03. The van der Waals surface area contributed by atoms with E-state index in [4.69, 9.17) is 0 Å². The van der Waals surface area contributed by atoms with Crippen LogP contribution >= 0.6 is 0 Å². The topological polar surface area (TPSA) is 23.5 Å². The number of hydrogen-bond acceptors (Lipinski definition) is 2. The maximum atomic E-state index is 9.67. The van der Waals surface area contributed by atoms with Crippen molar-refractivity contribution in [2.75, 3.05) is 11.6 Å². The number of benzene rings is 1. The third-order valence-electron chi connectivity index (χ3n) is 2.12. The predicted octanol–water partition coefficient (Wildman–Crippen LogP) is 2.99. The molecule has 1 aromatic rings. The van der Waals surface area contributed by atoms with Gasteiger partial charge in [0.1, 0.15) is 0 Å². The van der Waals surface area contributed by atoms with E-state index in [1.807, 2.05) is 31.2 Å². The van der Waals surface area contributed by atoms with E-state index in [-0.39, 0.29) is 0 Å². The fourth-order valence-electron chi connectivity index (χ4n) is 1.28. The van der Waals surface area contributed by atoms with E-state index in [1.165, 1.54) is 5.06 Å².